The largest absolute Gasteiger partial charge is 3.00 e. The van der Waals surface area contributed by atoms with Crippen LogP contribution in [0.4, 0.5) is 0 Å². The number of hydrogen-bond acceptors (Lipinski definition) is 9. The van der Waals surface area contributed by atoms with Crippen LogP contribution in [0, 0.1) is 46.0 Å². The van der Waals surface area contributed by atoms with Crippen molar-refractivity contribution >= 4 is 62.8 Å². The Morgan fingerprint density at radius 3 is 0.643 bits per heavy atom. The van der Waals surface area contributed by atoms with Crippen molar-refractivity contribution in [3.8, 4) is 0 Å². The summed E-state index contributed by atoms with van der Waals surface area (Å²) in [5, 5.41) is 44.2. The first-order chi connectivity index (χ1) is 5.20. The summed E-state index contributed by atoms with van der Waals surface area (Å²) in [6.07, 6.45) is 0. The molecule has 0 saturated carbocycles. The van der Waals surface area contributed by atoms with Crippen LogP contribution in [0.25, 0.3) is 0 Å². The van der Waals surface area contributed by atoms with E-state index in [9.17, 15) is 0 Å². The van der Waals surface area contributed by atoms with E-state index in [1.165, 1.54) is 0 Å². The van der Waals surface area contributed by atoms with Gasteiger partial charge in [-0.2, -0.15) is 0 Å². The van der Waals surface area contributed by atoms with E-state index in [0.717, 1.165) is 0 Å². The summed E-state index contributed by atoms with van der Waals surface area (Å²) < 4.78 is 0. The predicted molar refractivity (Wildman–Crippen MR) is 44.8 cm³/mol. The van der Waals surface area contributed by atoms with Crippen molar-refractivity contribution in [1.82, 2.24) is 0 Å². The van der Waals surface area contributed by atoms with Gasteiger partial charge in [0.15, 0.2) is 0 Å². The molecular weight excluding hydrogens is 301 g/mol. The monoisotopic (exact) mass is 303 g/mol. The number of hydrogen-bond donors (Lipinski definition) is 0. The summed E-state index contributed by atoms with van der Waals surface area (Å²) >= 11 is 0. The van der Waals surface area contributed by atoms with E-state index in [1.54, 1.807) is 0 Å². The van der Waals surface area contributed by atoms with E-state index in [-0.39, 0.29) is 65.7 Å². The van der Waals surface area contributed by atoms with E-state index in [4.69, 9.17) is 46.0 Å². The van der Waals surface area contributed by atoms with Gasteiger partial charge < -0.3 is 48.8 Å². The molecule has 14 heavy (non-hydrogen) atoms. The van der Waals surface area contributed by atoms with Crippen molar-refractivity contribution in [3.63, 3.8) is 0 Å². The van der Waals surface area contributed by atoms with Gasteiger partial charge in [0.1, 0.15) is 0 Å². The van der Waals surface area contributed by atoms with E-state index in [1.807, 2.05) is 0 Å². The molecule has 0 aliphatic heterocycles. The van der Waals surface area contributed by atoms with Crippen molar-refractivity contribution in [2.24, 2.45) is 0 Å². The van der Waals surface area contributed by atoms with Gasteiger partial charge in [-0.25, -0.2) is 0 Å². The second kappa shape index (κ2) is 22.9. The Labute approximate surface area is 126 Å². The molecule has 0 aromatic carbocycles. The Hall–Kier alpha value is -0.387. The molecule has 76 valence electrons. The van der Waals surface area contributed by atoms with Crippen LogP contribution in [-0.2, 0) is 0 Å². The zero-order chi connectivity index (χ0) is 10.7. The molecule has 0 bridgehead atoms. The van der Waals surface area contributed by atoms with Crippen LogP contribution in [0.5, 0.6) is 0 Å². The zero-order valence-corrected chi connectivity index (χ0v) is 10.9. The predicted octanol–water partition coefficient (Wildman–Crippen LogP) is -1.25. The maximum atomic E-state index is 8.25. The van der Waals surface area contributed by atoms with E-state index >= 15 is 0 Å². The standard InChI is InChI=1S/Al.3NO3.Sr.2H/c;3*2-1(3)4;;;/q+3;3*-1;+2;2*-1. The zero-order valence-electron chi connectivity index (χ0n) is 8.30. The summed E-state index contributed by atoms with van der Waals surface area (Å²) in [5.74, 6) is 0. The molecule has 0 atom stereocenters. The Bertz CT molecular complexity index is 126. The molecule has 0 amide bonds. The minimum absolute atomic E-state index is 0. The van der Waals surface area contributed by atoms with Crippen LogP contribution in [0.3, 0.4) is 0 Å². The molecule has 0 heterocycles. The summed E-state index contributed by atoms with van der Waals surface area (Å²) in [4.78, 5) is 24.8. The smallest absolute Gasteiger partial charge is 1.00 e. The molecule has 0 rings (SSSR count). The van der Waals surface area contributed by atoms with E-state index in [0.29, 0.717) is 0 Å². The minimum Gasteiger partial charge on any atom is -1.00 e. The Morgan fingerprint density at radius 1 is 0.643 bits per heavy atom. The molecule has 0 unspecified atom stereocenters. The Kier molecular flexibility index (Phi) is 47.8. The average Bonchev–Trinajstić information content (AvgIpc) is 1.54. The fourth-order valence-corrected chi connectivity index (χ4v) is 0. The van der Waals surface area contributed by atoms with Gasteiger partial charge in [-0.1, -0.05) is 0 Å². The fraction of sp³-hybridized carbons (Fsp3) is 0. The van der Waals surface area contributed by atoms with Gasteiger partial charge >= 0.3 is 62.8 Å². The second-order valence-corrected chi connectivity index (χ2v) is 0.671. The first kappa shape index (κ1) is 29.2. The third-order valence-electron chi connectivity index (χ3n) is 0. The molecule has 0 aromatic heterocycles. The molecule has 14 heteroatoms. The van der Waals surface area contributed by atoms with Crippen molar-refractivity contribution in [3.05, 3.63) is 46.0 Å². The molecule has 0 N–H and O–H groups in total. The molecule has 0 fully saturated rings. The van der Waals surface area contributed by atoms with Gasteiger partial charge in [0.05, 0.1) is 15.3 Å². The molecule has 0 spiro atoms. The molecule has 0 aromatic rings. The normalized spacial score (nSPS) is 5.14. The molecule has 12 nitrogen and oxygen atoms in total. The van der Waals surface area contributed by atoms with Gasteiger partial charge in [-0.05, 0) is 0 Å². The minimum atomic E-state index is -1.75. The van der Waals surface area contributed by atoms with Crippen LogP contribution >= 0.6 is 0 Å². The van der Waals surface area contributed by atoms with E-state index < -0.39 is 15.3 Å². The maximum Gasteiger partial charge on any atom is 3.00 e. The molecule has 0 aliphatic rings. The third-order valence-corrected chi connectivity index (χ3v) is 0. The Balaban J connectivity index is -0.0000000135. The van der Waals surface area contributed by atoms with Crippen LogP contribution in [0.2, 0.25) is 0 Å². The SMILES string of the molecule is O=[N+]([O-])[O-].O=[N+]([O-])[O-].O=[N+]([O-])[O-].[Al+3].[H-].[H-].[Sr+2]. The van der Waals surface area contributed by atoms with Crippen LogP contribution in [0.1, 0.15) is 2.85 Å². The summed E-state index contributed by atoms with van der Waals surface area (Å²) in [6, 6.07) is 0. The molecule has 0 radical (unpaired) electrons. The van der Waals surface area contributed by atoms with Crippen LogP contribution in [0.15, 0.2) is 0 Å². The third kappa shape index (κ3) is 8730. The fourth-order valence-electron chi connectivity index (χ4n) is 0. The van der Waals surface area contributed by atoms with Crippen molar-refractivity contribution < 1.29 is 18.1 Å². The average molecular weight is 303 g/mol. The van der Waals surface area contributed by atoms with Gasteiger partial charge in [-0.3, -0.25) is 0 Å². The van der Waals surface area contributed by atoms with Crippen molar-refractivity contribution in [1.29, 1.82) is 0 Å². The quantitative estimate of drug-likeness (QED) is 0.297. The maximum absolute atomic E-state index is 8.25. The summed E-state index contributed by atoms with van der Waals surface area (Å²) in [5.41, 5.74) is 0. The number of nitrogens with zero attached hydrogens (tertiary/aromatic N) is 3. The van der Waals surface area contributed by atoms with Gasteiger partial charge in [0.25, 0.3) is 0 Å². The van der Waals surface area contributed by atoms with Crippen molar-refractivity contribution in [2.75, 3.05) is 0 Å². The van der Waals surface area contributed by atoms with Gasteiger partial charge in [0, 0.05) is 0 Å². The van der Waals surface area contributed by atoms with Crippen molar-refractivity contribution in [2.45, 2.75) is 0 Å². The first-order valence-corrected chi connectivity index (χ1v) is 1.64. The second-order valence-electron chi connectivity index (χ2n) is 0.671. The summed E-state index contributed by atoms with van der Waals surface area (Å²) in [7, 11) is 0. The van der Waals surface area contributed by atoms with Gasteiger partial charge in [0.2, 0.25) is 0 Å². The Morgan fingerprint density at radius 2 is 0.643 bits per heavy atom. The molecule has 0 aliphatic carbocycles. The van der Waals surface area contributed by atoms with Gasteiger partial charge in [-0.15, -0.1) is 0 Å². The van der Waals surface area contributed by atoms with Crippen LogP contribution < -0.4 is 0 Å². The summed E-state index contributed by atoms with van der Waals surface area (Å²) in [6.45, 7) is 0. The topological polar surface area (TPSA) is 199 Å². The van der Waals surface area contributed by atoms with Crippen LogP contribution in [-0.4, -0.2) is 78.1 Å². The van der Waals surface area contributed by atoms with E-state index in [2.05, 4.69) is 0 Å². The molecular formula is H2AlN3O9Sr. The number of rotatable bonds is 0. The molecule has 0 saturated heterocycles. The first-order valence-electron chi connectivity index (χ1n) is 1.64.